The van der Waals surface area contributed by atoms with Gasteiger partial charge in [0.05, 0.1) is 12.7 Å². The number of hydrogen-bond donors (Lipinski definition) is 2. The molecule has 0 aromatic rings. The third-order valence-corrected chi connectivity index (χ3v) is 3.40. The predicted octanol–water partition coefficient (Wildman–Crippen LogP) is 0.0214. The van der Waals surface area contributed by atoms with Crippen LogP contribution in [0.5, 0.6) is 0 Å². The SMILES string of the molecule is CCN(CC1CN(C)CCO1)CC(C)C(N)=NO. The number of ether oxygens (including phenoxy) is 1. The molecular formula is C12H26N4O2. The van der Waals surface area contributed by atoms with Gasteiger partial charge in [-0.05, 0) is 13.6 Å². The molecule has 106 valence electrons. The summed E-state index contributed by atoms with van der Waals surface area (Å²) in [6, 6.07) is 0. The van der Waals surface area contributed by atoms with Crippen LogP contribution in [0.2, 0.25) is 0 Å². The van der Waals surface area contributed by atoms with Crippen molar-refractivity contribution in [2.75, 3.05) is 46.4 Å². The van der Waals surface area contributed by atoms with Crippen LogP contribution in [0, 0.1) is 5.92 Å². The maximum atomic E-state index is 8.66. The summed E-state index contributed by atoms with van der Waals surface area (Å²) < 4.78 is 5.75. The summed E-state index contributed by atoms with van der Waals surface area (Å²) in [5.74, 6) is 0.339. The lowest BCUT2D eigenvalue weighted by atomic mass is 10.1. The third-order valence-electron chi connectivity index (χ3n) is 3.40. The maximum absolute atomic E-state index is 8.66. The van der Waals surface area contributed by atoms with Crippen molar-refractivity contribution in [1.29, 1.82) is 0 Å². The van der Waals surface area contributed by atoms with Crippen molar-refractivity contribution in [3.8, 4) is 0 Å². The van der Waals surface area contributed by atoms with Crippen LogP contribution in [0.4, 0.5) is 0 Å². The molecule has 0 aromatic carbocycles. The van der Waals surface area contributed by atoms with Gasteiger partial charge in [0.2, 0.25) is 0 Å². The highest BCUT2D eigenvalue weighted by Crippen LogP contribution is 2.07. The minimum atomic E-state index is 0.0521. The second-order valence-corrected chi connectivity index (χ2v) is 5.03. The summed E-state index contributed by atoms with van der Waals surface area (Å²) >= 11 is 0. The van der Waals surface area contributed by atoms with E-state index in [0.29, 0.717) is 0 Å². The van der Waals surface area contributed by atoms with Gasteiger partial charge in [0.15, 0.2) is 0 Å². The van der Waals surface area contributed by atoms with Gasteiger partial charge in [0.25, 0.3) is 0 Å². The van der Waals surface area contributed by atoms with Crippen molar-refractivity contribution >= 4 is 5.84 Å². The van der Waals surface area contributed by atoms with Gasteiger partial charge in [-0.2, -0.15) is 0 Å². The topological polar surface area (TPSA) is 74.3 Å². The summed E-state index contributed by atoms with van der Waals surface area (Å²) in [6.45, 7) is 9.47. The van der Waals surface area contributed by atoms with Crippen molar-refractivity contribution in [1.82, 2.24) is 9.80 Å². The number of rotatable bonds is 6. The van der Waals surface area contributed by atoms with Crippen molar-refractivity contribution in [3.63, 3.8) is 0 Å². The van der Waals surface area contributed by atoms with Gasteiger partial charge >= 0.3 is 0 Å². The van der Waals surface area contributed by atoms with E-state index in [1.54, 1.807) is 0 Å². The van der Waals surface area contributed by atoms with Crippen molar-refractivity contribution in [2.24, 2.45) is 16.8 Å². The van der Waals surface area contributed by atoms with Gasteiger partial charge < -0.3 is 25.5 Å². The van der Waals surface area contributed by atoms with Crippen molar-refractivity contribution in [2.45, 2.75) is 20.0 Å². The first-order chi connectivity index (χ1) is 8.56. The largest absolute Gasteiger partial charge is 0.409 e. The number of oxime groups is 1. The number of nitrogens with zero attached hydrogens (tertiary/aromatic N) is 3. The zero-order chi connectivity index (χ0) is 13.5. The lowest BCUT2D eigenvalue weighted by molar-refractivity contribution is -0.0356. The van der Waals surface area contributed by atoms with Crippen LogP contribution in [0.15, 0.2) is 5.16 Å². The molecule has 1 aliphatic heterocycles. The van der Waals surface area contributed by atoms with Gasteiger partial charge in [0, 0.05) is 32.1 Å². The van der Waals surface area contributed by atoms with Crippen molar-refractivity contribution < 1.29 is 9.94 Å². The number of hydrogen-bond acceptors (Lipinski definition) is 5. The van der Waals surface area contributed by atoms with Crippen molar-refractivity contribution in [3.05, 3.63) is 0 Å². The fraction of sp³-hybridized carbons (Fsp3) is 0.917. The quantitative estimate of drug-likeness (QED) is 0.304. The monoisotopic (exact) mass is 258 g/mol. The Balaban J connectivity index is 2.41. The molecule has 0 saturated carbocycles. The Bertz CT molecular complexity index is 273. The lowest BCUT2D eigenvalue weighted by Crippen LogP contribution is -2.47. The summed E-state index contributed by atoms with van der Waals surface area (Å²) in [5.41, 5.74) is 5.61. The third kappa shape index (κ3) is 4.80. The molecule has 0 radical (unpaired) electrons. The van der Waals surface area contributed by atoms with Crippen LogP contribution >= 0.6 is 0 Å². The van der Waals surface area contributed by atoms with Crippen LogP contribution in [0.1, 0.15) is 13.8 Å². The van der Waals surface area contributed by atoms with Crippen LogP contribution in [0.3, 0.4) is 0 Å². The van der Waals surface area contributed by atoms with E-state index in [-0.39, 0.29) is 17.9 Å². The highest BCUT2D eigenvalue weighted by molar-refractivity contribution is 5.82. The van der Waals surface area contributed by atoms with Crippen LogP contribution in [-0.2, 0) is 4.74 Å². The Kier molecular flexibility index (Phi) is 6.38. The molecule has 1 aliphatic rings. The van der Waals surface area contributed by atoms with E-state index in [4.69, 9.17) is 15.7 Å². The molecule has 1 saturated heterocycles. The minimum absolute atomic E-state index is 0.0521. The summed E-state index contributed by atoms with van der Waals surface area (Å²) in [5, 5.41) is 11.7. The van der Waals surface area contributed by atoms with E-state index < -0.39 is 0 Å². The summed E-state index contributed by atoms with van der Waals surface area (Å²) in [4.78, 5) is 4.57. The first kappa shape index (κ1) is 15.2. The predicted molar refractivity (Wildman–Crippen MR) is 71.9 cm³/mol. The van der Waals surface area contributed by atoms with E-state index in [0.717, 1.165) is 39.3 Å². The molecule has 2 atom stereocenters. The average molecular weight is 258 g/mol. The first-order valence-electron chi connectivity index (χ1n) is 6.56. The molecule has 1 rings (SSSR count). The molecule has 0 aliphatic carbocycles. The Labute approximate surface area is 109 Å². The van der Waals surface area contributed by atoms with Gasteiger partial charge in [-0.15, -0.1) is 0 Å². The first-order valence-corrected chi connectivity index (χ1v) is 6.56. The molecule has 0 aromatic heterocycles. The Hall–Kier alpha value is -0.850. The molecule has 0 amide bonds. The van der Waals surface area contributed by atoms with Gasteiger partial charge in [-0.1, -0.05) is 19.0 Å². The van der Waals surface area contributed by atoms with E-state index in [2.05, 4.69) is 28.9 Å². The molecule has 1 fully saturated rings. The fourth-order valence-electron chi connectivity index (χ4n) is 2.18. The van der Waals surface area contributed by atoms with Gasteiger partial charge in [0.1, 0.15) is 5.84 Å². The molecule has 18 heavy (non-hydrogen) atoms. The number of morpholine rings is 1. The summed E-state index contributed by atoms with van der Waals surface area (Å²) in [7, 11) is 2.12. The zero-order valence-electron chi connectivity index (χ0n) is 11.7. The zero-order valence-corrected chi connectivity index (χ0v) is 11.7. The minimum Gasteiger partial charge on any atom is -0.409 e. The highest BCUT2D eigenvalue weighted by Gasteiger charge is 2.21. The molecule has 0 spiro atoms. The number of nitrogens with two attached hydrogens (primary N) is 1. The highest BCUT2D eigenvalue weighted by atomic mass is 16.5. The lowest BCUT2D eigenvalue weighted by Gasteiger charge is -2.34. The molecule has 6 heteroatoms. The Morgan fingerprint density at radius 1 is 1.67 bits per heavy atom. The molecule has 1 heterocycles. The standard InChI is InChI=1S/C12H26N4O2/c1-4-16(7-10(2)12(13)14-17)9-11-8-15(3)5-6-18-11/h10-11,17H,4-9H2,1-3H3,(H2,13,14). The fourth-order valence-corrected chi connectivity index (χ4v) is 2.18. The second kappa shape index (κ2) is 7.56. The van der Waals surface area contributed by atoms with E-state index >= 15 is 0 Å². The van der Waals surface area contributed by atoms with Gasteiger partial charge in [-0.3, -0.25) is 0 Å². The molecule has 0 bridgehead atoms. The summed E-state index contributed by atoms with van der Waals surface area (Å²) in [6.07, 6.45) is 0.253. The normalized spacial score (nSPS) is 24.4. The molecule has 3 N–H and O–H groups in total. The van der Waals surface area contributed by atoms with E-state index in [9.17, 15) is 0 Å². The molecule has 2 unspecified atom stereocenters. The van der Waals surface area contributed by atoms with Crippen LogP contribution in [0.25, 0.3) is 0 Å². The Morgan fingerprint density at radius 2 is 2.39 bits per heavy atom. The number of likely N-dealkylation sites (N-methyl/N-ethyl adjacent to an activating group) is 2. The smallest absolute Gasteiger partial charge is 0.143 e. The second-order valence-electron chi connectivity index (χ2n) is 5.03. The molecule has 6 nitrogen and oxygen atoms in total. The average Bonchev–Trinajstić information content (AvgIpc) is 2.36. The van der Waals surface area contributed by atoms with Crippen LogP contribution < -0.4 is 5.73 Å². The van der Waals surface area contributed by atoms with E-state index in [1.165, 1.54) is 0 Å². The Morgan fingerprint density at radius 3 is 2.94 bits per heavy atom. The maximum Gasteiger partial charge on any atom is 0.143 e. The van der Waals surface area contributed by atoms with Crippen LogP contribution in [-0.4, -0.2) is 73.3 Å². The molecular weight excluding hydrogens is 232 g/mol. The number of amidine groups is 1. The van der Waals surface area contributed by atoms with Gasteiger partial charge in [-0.25, -0.2) is 0 Å². The van der Waals surface area contributed by atoms with E-state index in [1.807, 2.05) is 6.92 Å².